The number of hydrogen-bond acceptors (Lipinski definition) is 3. The minimum atomic E-state index is -0.981. The van der Waals surface area contributed by atoms with Crippen LogP contribution in [0, 0.1) is 0 Å². The summed E-state index contributed by atoms with van der Waals surface area (Å²) < 4.78 is 7.16. The third kappa shape index (κ3) is 3.16. The molecule has 0 bridgehead atoms. The minimum Gasteiger partial charge on any atom is -0.480 e. The summed E-state index contributed by atoms with van der Waals surface area (Å²) in [5, 5.41) is 10.6. The second kappa shape index (κ2) is 7.48. The molecule has 0 spiro atoms. The van der Waals surface area contributed by atoms with Gasteiger partial charge in [-0.1, -0.05) is 42.5 Å². The summed E-state index contributed by atoms with van der Waals surface area (Å²) in [6.45, 7) is 1.44. The van der Waals surface area contributed by atoms with E-state index in [-0.39, 0.29) is 5.91 Å². The molecule has 1 amide bonds. The Kier molecular flexibility index (Phi) is 4.88. The van der Waals surface area contributed by atoms with Crippen molar-refractivity contribution in [2.75, 3.05) is 13.7 Å². The number of aromatic nitrogens is 1. The van der Waals surface area contributed by atoms with Crippen molar-refractivity contribution in [3.8, 4) is 0 Å². The molecule has 1 aliphatic rings. The highest BCUT2D eigenvalue weighted by Gasteiger charge is 2.35. The van der Waals surface area contributed by atoms with Gasteiger partial charge < -0.3 is 19.3 Å². The lowest BCUT2D eigenvalue weighted by molar-refractivity contribution is -0.142. The first-order valence-electron chi connectivity index (χ1n) is 9.27. The molecule has 0 saturated heterocycles. The maximum atomic E-state index is 13.4. The van der Waals surface area contributed by atoms with Crippen molar-refractivity contribution in [2.24, 2.45) is 0 Å². The number of ether oxygens (including phenoxy) is 1. The molecule has 6 heteroatoms. The Labute approximate surface area is 162 Å². The molecular weight excluding hydrogens is 356 g/mol. The van der Waals surface area contributed by atoms with Crippen LogP contribution in [0.25, 0.3) is 10.9 Å². The van der Waals surface area contributed by atoms with Crippen molar-refractivity contribution in [1.29, 1.82) is 0 Å². The van der Waals surface area contributed by atoms with Crippen molar-refractivity contribution >= 4 is 22.8 Å². The van der Waals surface area contributed by atoms with Gasteiger partial charge in [-0.2, -0.15) is 0 Å². The van der Waals surface area contributed by atoms with Crippen molar-refractivity contribution < 1.29 is 19.4 Å². The maximum Gasteiger partial charge on any atom is 0.326 e. The van der Waals surface area contributed by atoms with E-state index < -0.39 is 12.0 Å². The van der Waals surface area contributed by atoms with Crippen molar-refractivity contribution in [3.63, 3.8) is 0 Å². The van der Waals surface area contributed by atoms with Crippen molar-refractivity contribution in [2.45, 2.75) is 25.6 Å². The van der Waals surface area contributed by atoms with Gasteiger partial charge in [0.2, 0.25) is 0 Å². The lowest BCUT2D eigenvalue weighted by Gasteiger charge is -2.34. The smallest absolute Gasteiger partial charge is 0.326 e. The standard InChI is InChI=1S/C22H22N2O4/c1-28-11-10-23-14-18(17-8-4-5-9-19(17)23)21(25)24-13-16-7-3-2-6-15(16)12-20(24)22(26)27/h2-9,14,20H,10-13H2,1H3,(H,26,27). The summed E-state index contributed by atoms with van der Waals surface area (Å²) in [5.74, 6) is -1.24. The highest BCUT2D eigenvalue weighted by molar-refractivity contribution is 6.08. The fraction of sp³-hybridized carbons (Fsp3) is 0.273. The van der Waals surface area contributed by atoms with Crippen LogP contribution in [-0.4, -0.2) is 46.2 Å². The Hall–Kier alpha value is -3.12. The van der Waals surface area contributed by atoms with Crippen molar-refractivity contribution in [3.05, 3.63) is 71.4 Å². The molecule has 0 aliphatic carbocycles. The molecule has 28 heavy (non-hydrogen) atoms. The first-order chi connectivity index (χ1) is 13.6. The minimum absolute atomic E-state index is 0.255. The van der Waals surface area contributed by atoms with E-state index in [2.05, 4.69) is 0 Å². The van der Waals surface area contributed by atoms with Gasteiger partial charge in [0, 0.05) is 43.7 Å². The van der Waals surface area contributed by atoms with Gasteiger partial charge in [-0.05, 0) is 17.2 Å². The zero-order chi connectivity index (χ0) is 19.7. The van der Waals surface area contributed by atoms with Crippen LogP contribution in [0.1, 0.15) is 21.5 Å². The number of carboxylic acids is 1. The highest BCUT2D eigenvalue weighted by atomic mass is 16.5. The topological polar surface area (TPSA) is 71.8 Å². The molecule has 0 saturated carbocycles. The predicted molar refractivity (Wildman–Crippen MR) is 105 cm³/mol. The summed E-state index contributed by atoms with van der Waals surface area (Å²) in [6, 6.07) is 14.5. The highest BCUT2D eigenvalue weighted by Crippen LogP contribution is 2.28. The third-order valence-electron chi connectivity index (χ3n) is 5.35. The Balaban J connectivity index is 1.75. The average molecular weight is 378 g/mol. The molecule has 1 unspecified atom stereocenters. The first kappa shape index (κ1) is 18.3. The van der Waals surface area contributed by atoms with Gasteiger partial charge in [-0.25, -0.2) is 4.79 Å². The molecule has 1 aromatic heterocycles. The van der Waals surface area contributed by atoms with E-state index in [1.54, 1.807) is 7.11 Å². The number of carbonyl (C=O) groups is 2. The van der Waals surface area contributed by atoms with Gasteiger partial charge >= 0.3 is 5.97 Å². The Bertz CT molecular complexity index is 1040. The zero-order valence-corrected chi connectivity index (χ0v) is 15.7. The number of para-hydroxylation sites is 1. The summed E-state index contributed by atoms with van der Waals surface area (Å²) >= 11 is 0. The molecule has 1 aliphatic heterocycles. The van der Waals surface area contributed by atoms with Gasteiger partial charge in [-0.15, -0.1) is 0 Å². The van der Waals surface area contributed by atoms with Crippen LogP contribution in [0.3, 0.4) is 0 Å². The number of rotatable bonds is 5. The van der Waals surface area contributed by atoms with Gasteiger partial charge in [0.1, 0.15) is 6.04 Å². The molecular formula is C22H22N2O4. The Morgan fingerprint density at radius 3 is 2.57 bits per heavy atom. The second-order valence-corrected chi connectivity index (χ2v) is 7.01. The number of carboxylic acid groups (broad SMARTS) is 1. The van der Waals surface area contributed by atoms with Gasteiger partial charge in [-0.3, -0.25) is 4.79 Å². The van der Waals surface area contributed by atoms with Crippen LogP contribution in [0.2, 0.25) is 0 Å². The number of hydrogen-bond donors (Lipinski definition) is 1. The second-order valence-electron chi connectivity index (χ2n) is 7.01. The summed E-state index contributed by atoms with van der Waals surface area (Å²) in [7, 11) is 1.64. The Morgan fingerprint density at radius 1 is 1.11 bits per heavy atom. The molecule has 1 N–H and O–H groups in total. The fourth-order valence-electron chi connectivity index (χ4n) is 3.90. The van der Waals surface area contributed by atoms with E-state index >= 15 is 0 Å². The molecule has 2 heterocycles. The molecule has 6 nitrogen and oxygen atoms in total. The molecule has 4 rings (SSSR count). The van der Waals surface area contributed by atoms with Crippen LogP contribution in [0.5, 0.6) is 0 Å². The number of fused-ring (bicyclic) bond motifs is 2. The van der Waals surface area contributed by atoms with E-state index in [4.69, 9.17) is 4.74 Å². The number of benzene rings is 2. The van der Waals surface area contributed by atoms with Crippen molar-refractivity contribution in [1.82, 2.24) is 9.47 Å². The summed E-state index contributed by atoms with van der Waals surface area (Å²) in [4.78, 5) is 26.8. The lowest BCUT2D eigenvalue weighted by atomic mass is 9.93. The molecule has 3 aromatic rings. The monoisotopic (exact) mass is 378 g/mol. The first-order valence-corrected chi connectivity index (χ1v) is 9.27. The Morgan fingerprint density at radius 2 is 1.82 bits per heavy atom. The summed E-state index contributed by atoms with van der Waals surface area (Å²) in [5.41, 5.74) is 3.45. The van der Waals surface area contributed by atoms with Gasteiger partial charge in [0.15, 0.2) is 0 Å². The molecule has 0 fully saturated rings. The quantitative estimate of drug-likeness (QED) is 0.741. The van der Waals surface area contributed by atoms with Gasteiger partial charge in [0.25, 0.3) is 5.91 Å². The molecule has 0 radical (unpaired) electrons. The normalized spacial score (nSPS) is 16.2. The average Bonchev–Trinajstić information content (AvgIpc) is 3.09. The fourth-order valence-corrected chi connectivity index (χ4v) is 3.90. The van der Waals surface area contributed by atoms with Crippen LogP contribution in [-0.2, 0) is 29.0 Å². The van der Waals surface area contributed by atoms with Crippen LogP contribution < -0.4 is 0 Å². The van der Waals surface area contributed by atoms with E-state index in [0.29, 0.717) is 31.7 Å². The van der Waals surface area contributed by atoms with E-state index in [1.807, 2.05) is 59.3 Å². The lowest BCUT2D eigenvalue weighted by Crippen LogP contribution is -2.48. The van der Waals surface area contributed by atoms with E-state index in [9.17, 15) is 14.7 Å². The largest absolute Gasteiger partial charge is 0.480 e. The van der Waals surface area contributed by atoms with E-state index in [0.717, 1.165) is 22.0 Å². The molecule has 144 valence electrons. The zero-order valence-electron chi connectivity index (χ0n) is 15.7. The maximum absolute atomic E-state index is 13.4. The number of nitrogens with zero attached hydrogens (tertiary/aromatic N) is 2. The number of amides is 1. The van der Waals surface area contributed by atoms with Gasteiger partial charge in [0.05, 0.1) is 12.2 Å². The van der Waals surface area contributed by atoms with Crippen LogP contribution in [0.15, 0.2) is 54.7 Å². The summed E-state index contributed by atoms with van der Waals surface area (Å²) in [6.07, 6.45) is 2.13. The predicted octanol–water partition coefficient (Wildman–Crippen LogP) is 2.94. The molecule has 2 aromatic carbocycles. The van der Waals surface area contributed by atoms with E-state index in [1.165, 1.54) is 4.90 Å². The third-order valence-corrected chi connectivity index (χ3v) is 5.35. The number of aliphatic carboxylic acids is 1. The van der Waals surface area contributed by atoms with Crippen LogP contribution >= 0.6 is 0 Å². The molecule has 1 atom stereocenters. The number of carbonyl (C=O) groups excluding carboxylic acids is 1. The number of methoxy groups -OCH3 is 1. The SMILES string of the molecule is COCCn1cc(C(=O)N2Cc3ccccc3CC2C(=O)O)c2ccccc21. The van der Waals surface area contributed by atoms with Crippen LogP contribution in [0.4, 0.5) is 0 Å².